The molecule has 1 heterocycles. The number of aromatic nitrogens is 2. The van der Waals surface area contributed by atoms with E-state index in [0.717, 1.165) is 22.5 Å². The Bertz CT molecular complexity index is 861. The Morgan fingerprint density at radius 3 is 2.04 bits per heavy atom. The number of nitrogens with one attached hydrogen (secondary N) is 2. The normalized spacial score (nSPS) is 11.6. The maximum atomic E-state index is 12.9. The van der Waals surface area contributed by atoms with E-state index >= 15 is 0 Å². The van der Waals surface area contributed by atoms with Crippen molar-refractivity contribution in [2.45, 2.75) is 32.9 Å². The molecule has 0 aliphatic rings. The van der Waals surface area contributed by atoms with Crippen molar-refractivity contribution in [1.82, 2.24) is 15.3 Å². The summed E-state index contributed by atoms with van der Waals surface area (Å²) in [6, 6.07) is 21.3. The van der Waals surface area contributed by atoms with Crippen LogP contribution in [0.3, 0.4) is 0 Å². The molecule has 0 spiro atoms. The Morgan fingerprint density at radius 2 is 1.44 bits per heavy atom. The molecule has 27 heavy (non-hydrogen) atoms. The molecule has 3 aromatic rings. The Kier molecular flexibility index (Phi) is 6.15. The number of carbonyl (C=O) groups excluding carboxylic acids is 1. The van der Waals surface area contributed by atoms with Crippen LogP contribution in [0.1, 0.15) is 22.5 Å². The van der Waals surface area contributed by atoms with Crippen molar-refractivity contribution in [3.05, 3.63) is 89.2 Å². The molecule has 0 unspecified atom stereocenters. The highest BCUT2D eigenvalue weighted by Gasteiger charge is 2.20. The molecule has 0 saturated carbocycles. The van der Waals surface area contributed by atoms with Crippen LogP contribution in [0.5, 0.6) is 0 Å². The van der Waals surface area contributed by atoms with Crippen LogP contribution in [0, 0.1) is 13.8 Å². The van der Waals surface area contributed by atoms with E-state index in [4.69, 9.17) is 0 Å². The third-order valence-electron chi connectivity index (χ3n) is 4.19. The second kappa shape index (κ2) is 8.94. The van der Waals surface area contributed by atoms with Crippen molar-refractivity contribution >= 4 is 11.9 Å². The first-order valence-electron chi connectivity index (χ1n) is 9.04. The summed E-state index contributed by atoms with van der Waals surface area (Å²) < 4.78 is 0. The van der Waals surface area contributed by atoms with E-state index in [1.807, 2.05) is 80.6 Å². The van der Waals surface area contributed by atoms with Gasteiger partial charge < -0.3 is 10.6 Å². The van der Waals surface area contributed by atoms with Gasteiger partial charge in [-0.3, -0.25) is 4.79 Å². The summed E-state index contributed by atoms with van der Waals surface area (Å²) in [6.07, 6.45) is 0.553. The second-order valence-electron chi connectivity index (χ2n) is 6.56. The van der Waals surface area contributed by atoms with E-state index in [-0.39, 0.29) is 5.91 Å². The number of hydrogen-bond donors (Lipinski definition) is 2. The van der Waals surface area contributed by atoms with Gasteiger partial charge in [-0.2, -0.15) is 0 Å². The predicted octanol–water partition coefficient (Wildman–Crippen LogP) is 3.43. The average molecular weight is 360 g/mol. The Morgan fingerprint density at radius 1 is 0.889 bits per heavy atom. The predicted molar refractivity (Wildman–Crippen MR) is 107 cm³/mol. The highest BCUT2D eigenvalue weighted by molar-refractivity contribution is 5.84. The first-order chi connectivity index (χ1) is 13.1. The smallest absolute Gasteiger partial charge is 0.243 e. The van der Waals surface area contributed by atoms with Gasteiger partial charge in [-0.05, 0) is 31.0 Å². The standard InChI is InChI=1S/C22H24N4O/c1-16-13-17(2)25-22(24-16)26-20(14-18-9-5-3-6-10-18)21(27)23-15-19-11-7-4-8-12-19/h3-13,20H,14-15H2,1-2H3,(H,23,27)(H,24,25,26)/t20-/m0/s1. The van der Waals surface area contributed by atoms with Gasteiger partial charge in [0.2, 0.25) is 11.9 Å². The molecule has 1 aromatic heterocycles. The highest BCUT2D eigenvalue weighted by atomic mass is 16.2. The van der Waals surface area contributed by atoms with Crippen LogP contribution < -0.4 is 10.6 Å². The van der Waals surface area contributed by atoms with E-state index in [2.05, 4.69) is 20.6 Å². The van der Waals surface area contributed by atoms with Gasteiger partial charge in [-0.15, -0.1) is 0 Å². The van der Waals surface area contributed by atoms with Crippen LogP contribution in [0.4, 0.5) is 5.95 Å². The van der Waals surface area contributed by atoms with E-state index < -0.39 is 6.04 Å². The zero-order valence-electron chi connectivity index (χ0n) is 15.6. The quantitative estimate of drug-likeness (QED) is 0.677. The molecule has 1 amide bonds. The monoisotopic (exact) mass is 360 g/mol. The first-order valence-corrected chi connectivity index (χ1v) is 9.04. The van der Waals surface area contributed by atoms with Crippen molar-refractivity contribution in [1.29, 1.82) is 0 Å². The van der Waals surface area contributed by atoms with E-state index in [1.165, 1.54) is 0 Å². The first kappa shape index (κ1) is 18.6. The van der Waals surface area contributed by atoms with Crippen LogP contribution in [0.15, 0.2) is 66.7 Å². The van der Waals surface area contributed by atoms with Crippen LogP contribution in [0.2, 0.25) is 0 Å². The number of benzene rings is 2. The van der Waals surface area contributed by atoms with Crippen LogP contribution in [-0.2, 0) is 17.8 Å². The van der Waals surface area contributed by atoms with E-state index in [1.54, 1.807) is 0 Å². The largest absolute Gasteiger partial charge is 0.350 e. The lowest BCUT2D eigenvalue weighted by molar-refractivity contribution is -0.122. The average Bonchev–Trinajstić information content (AvgIpc) is 2.66. The molecule has 2 N–H and O–H groups in total. The second-order valence-corrected chi connectivity index (χ2v) is 6.56. The molecule has 2 aromatic carbocycles. The minimum Gasteiger partial charge on any atom is -0.350 e. The molecule has 1 atom stereocenters. The van der Waals surface area contributed by atoms with Gasteiger partial charge in [0, 0.05) is 24.4 Å². The van der Waals surface area contributed by atoms with Crippen molar-refractivity contribution < 1.29 is 4.79 Å². The Hall–Kier alpha value is -3.21. The van der Waals surface area contributed by atoms with Crippen molar-refractivity contribution in [2.75, 3.05) is 5.32 Å². The summed E-state index contributed by atoms with van der Waals surface area (Å²) >= 11 is 0. The van der Waals surface area contributed by atoms with Crippen LogP contribution >= 0.6 is 0 Å². The third-order valence-corrected chi connectivity index (χ3v) is 4.19. The molecule has 5 heteroatoms. The van der Waals surface area contributed by atoms with Crippen molar-refractivity contribution in [3.63, 3.8) is 0 Å². The van der Waals surface area contributed by atoms with Crippen LogP contribution in [-0.4, -0.2) is 21.9 Å². The molecule has 0 fully saturated rings. The zero-order valence-corrected chi connectivity index (χ0v) is 15.6. The number of hydrogen-bond acceptors (Lipinski definition) is 4. The third kappa shape index (κ3) is 5.64. The lowest BCUT2D eigenvalue weighted by Crippen LogP contribution is -2.41. The van der Waals surface area contributed by atoms with Gasteiger partial charge in [0.15, 0.2) is 0 Å². The summed E-state index contributed by atoms with van der Waals surface area (Å²) in [5.74, 6) is 0.397. The number of nitrogens with zero attached hydrogens (tertiary/aromatic N) is 2. The van der Waals surface area contributed by atoms with Gasteiger partial charge in [-0.25, -0.2) is 9.97 Å². The summed E-state index contributed by atoms with van der Waals surface area (Å²) in [5.41, 5.74) is 3.88. The minimum absolute atomic E-state index is 0.0783. The minimum atomic E-state index is -0.461. The van der Waals surface area contributed by atoms with Crippen molar-refractivity contribution in [3.8, 4) is 0 Å². The Labute approximate surface area is 159 Å². The highest BCUT2D eigenvalue weighted by Crippen LogP contribution is 2.10. The molecular weight excluding hydrogens is 336 g/mol. The number of carbonyl (C=O) groups is 1. The van der Waals surface area contributed by atoms with Gasteiger partial charge >= 0.3 is 0 Å². The number of aryl methyl sites for hydroxylation is 2. The molecule has 3 rings (SSSR count). The van der Waals surface area contributed by atoms with Gasteiger partial charge in [0.05, 0.1) is 0 Å². The molecule has 0 aliphatic carbocycles. The molecule has 0 saturated heterocycles. The maximum Gasteiger partial charge on any atom is 0.243 e. The van der Waals surface area contributed by atoms with E-state index in [0.29, 0.717) is 18.9 Å². The maximum absolute atomic E-state index is 12.9. The molecule has 138 valence electrons. The summed E-state index contributed by atoms with van der Waals surface area (Å²) in [7, 11) is 0. The number of rotatable bonds is 7. The fraction of sp³-hybridized carbons (Fsp3) is 0.227. The summed E-state index contributed by atoms with van der Waals surface area (Å²) in [6.45, 7) is 4.32. The van der Waals surface area contributed by atoms with Gasteiger partial charge in [-0.1, -0.05) is 60.7 Å². The molecule has 0 bridgehead atoms. The summed E-state index contributed by atoms with van der Waals surface area (Å²) in [4.78, 5) is 21.7. The lowest BCUT2D eigenvalue weighted by Gasteiger charge is -2.19. The molecular formula is C22H24N4O. The molecule has 5 nitrogen and oxygen atoms in total. The fourth-order valence-electron chi connectivity index (χ4n) is 2.91. The summed E-state index contributed by atoms with van der Waals surface area (Å²) in [5, 5.41) is 6.22. The van der Waals surface area contributed by atoms with Gasteiger partial charge in [0.25, 0.3) is 0 Å². The van der Waals surface area contributed by atoms with E-state index in [9.17, 15) is 4.79 Å². The molecule has 0 radical (unpaired) electrons. The number of anilines is 1. The van der Waals surface area contributed by atoms with Crippen molar-refractivity contribution in [2.24, 2.45) is 0 Å². The fourth-order valence-corrected chi connectivity index (χ4v) is 2.91. The lowest BCUT2D eigenvalue weighted by atomic mass is 10.1. The SMILES string of the molecule is Cc1cc(C)nc(N[C@@H](Cc2ccccc2)C(=O)NCc2ccccc2)n1. The topological polar surface area (TPSA) is 66.9 Å². The Balaban J connectivity index is 1.74. The molecule has 0 aliphatic heterocycles. The van der Waals surface area contributed by atoms with Gasteiger partial charge in [0.1, 0.15) is 6.04 Å². The zero-order chi connectivity index (χ0) is 19.1. The van der Waals surface area contributed by atoms with Crippen LogP contribution in [0.25, 0.3) is 0 Å². The number of amides is 1.